The molecule has 1 unspecified atom stereocenters. The van der Waals surface area contributed by atoms with E-state index in [1.165, 1.54) is 6.07 Å². The molecule has 3 heterocycles. The fourth-order valence-electron chi connectivity index (χ4n) is 4.73. The lowest BCUT2D eigenvalue weighted by Gasteiger charge is -2.43. The van der Waals surface area contributed by atoms with Gasteiger partial charge in [0.05, 0.1) is 23.6 Å². The minimum Gasteiger partial charge on any atom is -0.511 e. The molecule has 1 N–H and O–H groups in total. The summed E-state index contributed by atoms with van der Waals surface area (Å²) in [5, 5.41) is 18.4. The Bertz CT molecular complexity index is 1200. The van der Waals surface area contributed by atoms with Crippen molar-refractivity contribution in [3.05, 3.63) is 34.4 Å². The Hall–Kier alpha value is -2.95. The van der Waals surface area contributed by atoms with Crippen molar-refractivity contribution < 1.29 is 38.1 Å². The number of aromatic nitrogens is 2. The molecule has 0 amide bonds. The van der Waals surface area contributed by atoms with Crippen LogP contribution in [0.4, 0.5) is 0 Å². The molecule has 2 aromatic rings. The second-order valence-corrected chi connectivity index (χ2v) is 9.38. The third kappa shape index (κ3) is 4.41. The number of aryl methyl sites for hydroxylation is 1. The molecule has 0 radical (unpaired) electrons. The topological polar surface area (TPSA) is 130 Å². The van der Waals surface area contributed by atoms with E-state index in [9.17, 15) is 14.7 Å². The van der Waals surface area contributed by atoms with Gasteiger partial charge in [0.2, 0.25) is 11.8 Å². The first-order chi connectivity index (χ1) is 16.8. The zero-order valence-corrected chi connectivity index (χ0v) is 20.1. The predicted molar refractivity (Wildman–Crippen MR) is 122 cm³/mol. The summed E-state index contributed by atoms with van der Waals surface area (Å²) in [6.45, 7) is 4.24. The van der Waals surface area contributed by atoms with Crippen LogP contribution in [0.25, 0.3) is 11.5 Å². The highest BCUT2D eigenvalue weighted by atomic mass is 35.5. The van der Waals surface area contributed by atoms with E-state index in [1.54, 1.807) is 13.8 Å². The van der Waals surface area contributed by atoms with Gasteiger partial charge in [-0.05, 0) is 32.3 Å². The standard InChI is InChI=1S/C24H25ClN2O8/c1-12-26-27-23(34-12)14-10-16(31-7-8-33-17-5-3-4-6-32-17)18-21(30)19-15(29)9-13(28)11-24(19,2)35-22(18)20(14)25/h9-10,17,19,29H,3-8,11H2,1-2H3/t17?,19-,24+/m1/s1. The maximum absolute atomic E-state index is 13.6. The average Bonchev–Trinajstić information content (AvgIpc) is 3.24. The lowest BCUT2D eigenvalue weighted by molar-refractivity contribution is -0.165. The number of carbonyl (C=O) groups is 2. The second kappa shape index (κ2) is 9.25. The summed E-state index contributed by atoms with van der Waals surface area (Å²) in [5.74, 6) is -1.58. The Balaban J connectivity index is 1.51. The zero-order valence-electron chi connectivity index (χ0n) is 19.3. The molecule has 10 nitrogen and oxygen atoms in total. The van der Waals surface area contributed by atoms with Gasteiger partial charge < -0.3 is 28.5 Å². The minimum absolute atomic E-state index is 0.0396. The van der Waals surface area contributed by atoms with Gasteiger partial charge in [0.25, 0.3) is 0 Å². The number of rotatable bonds is 6. The quantitative estimate of drug-likeness (QED) is 0.576. The molecule has 2 aliphatic heterocycles. The summed E-state index contributed by atoms with van der Waals surface area (Å²) >= 11 is 6.67. The molecule has 11 heteroatoms. The van der Waals surface area contributed by atoms with Crippen molar-refractivity contribution in [3.8, 4) is 23.0 Å². The smallest absolute Gasteiger partial charge is 0.249 e. The Kier molecular flexibility index (Phi) is 6.29. The molecule has 1 aromatic heterocycles. The number of hydrogen-bond donors (Lipinski definition) is 1. The van der Waals surface area contributed by atoms with E-state index < -0.39 is 17.3 Å². The fourth-order valence-corrected chi connectivity index (χ4v) is 5.00. The maximum atomic E-state index is 13.6. The SMILES string of the molecule is Cc1nnc(-c2cc(OCCOC3CCCCO3)c3c(c2Cl)O[C@@]2(C)CC(=O)C=C(O)[C@@H]2C3=O)o1. The Morgan fingerprint density at radius 2 is 2.09 bits per heavy atom. The van der Waals surface area contributed by atoms with E-state index in [-0.39, 0.29) is 65.4 Å². The largest absolute Gasteiger partial charge is 0.511 e. The van der Waals surface area contributed by atoms with Gasteiger partial charge >= 0.3 is 0 Å². The van der Waals surface area contributed by atoms with Crippen LogP contribution in [0, 0.1) is 12.8 Å². The number of ether oxygens (including phenoxy) is 4. The summed E-state index contributed by atoms with van der Waals surface area (Å²) < 4.78 is 29.0. The van der Waals surface area contributed by atoms with Gasteiger partial charge in [-0.25, -0.2) is 0 Å². The number of aliphatic hydroxyl groups is 1. The van der Waals surface area contributed by atoms with Crippen LogP contribution in [0.3, 0.4) is 0 Å². The first-order valence-corrected chi connectivity index (χ1v) is 11.8. The molecule has 186 valence electrons. The van der Waals surface area contributed by atoms with Crippen LogP contribution in [-0.2, 0) is 14.3 Å². The molecule has 1 saturated heterocycles. The molecular weight excluding hydrogens is 480 g/mol. The zero-order chi connectivity index (χ0) is 24.7. The molecule has 35 heavy (non-hydrogen) atoms. The van der Waals surface area contributed by atoms with Crippen molar-refractivity contribution in [2.45, 2.75) is 51.4 Å². The first kappa shape index (κ1) is 23.8. The lowest BCUT2D eigenvalue weighted by atomic mass is 9.73. The molecule has 5 rings (SSSR count). The van der Waals surface area contributed by atoms with Crippen molar-refractivity contribution in [2.75, 3.05) is 19.8 Å². The number of allylic oxidation sites excluding steroid dienone is 1. The number of hydrogen-bond acceptors (Lipinski definition) is 10. The van der Waals surface area contributed by atoms with Crippen LogP contribution in [0.2, 0.25) is 5.02 Å². The second-order valence-electron chi connectivity index (χ2n) is 9.01. The number of ketones is 2. The van der Waals surface area contributed by atoms with E-state index in [0.717, 1.165) is 25.3 Å². The molecular formula is C24H25ClN2O8. The van der Waals surface area contributed by atoms with Crippen molar-refractivity contribution in [1.82, 2.24) is 10.2 Å². The van der Waals surface area contributed by atoms with Gasteiger partial charge in [-0.15, -0.1) is 10.2 Å². The summed E-state index contributed by atoms with van der Waals surface area (Å²) in [6.07, 6.45) is 3.55. The fraction of sp³-hybridized carbons (Fsp3) is 0.500. The molecule has 0 bridgehead atoms. The van der Waals surface area contributed by atoms with Crippen LogP contribution in [-0.4, -0.2) is 58.6 Å². The summed E-state index contributed by atoms with van der Waals surface area (Å²) in [5.41, 5.74) is -0.930. The molecule has 0 saturated carbocycles. The highest BCUT2D eigenvalue weighted by molar-refractivity contribution is 6.35. The van der Waals surface area contributed by atoms with E-state index >= 15 is 0 Å². The number of benzene rings is 1. The van der Waals surface area contributed by atoms with Crippen LogP contribution >= 0.6 is 11.6 Å². The maximum Gasteiger partial charge on any atom is 0.249 e. The highest BCUT2D eigenvalue weighted by Crippen LogP contribution is 2.52. The van der Waals surface area contributed by atoms with Crippen molar-refractivity contribution in [3.63, 3.8) is 0 Å². The molecule has 1 aliphatic carbocycles. The van der Waals surface area contributed by atoms with Crippen molar-refractivity contribution in [1.29, 1.82) is 0 Å². The molecule has 0 spiro atoms. The number of aliphatic hydroxyl groups excluding tert-OH is 1. The van der Waals surface area contributed by atoms with E-state index in [0.29, 0.717) is 18.1 Å². The van der Waals surface area contributed by atoms with Crippen molar-refractivity contribution >= 4 is 23.2 Å². The van der Waals surface area contributed by atoms with Crippen LogP contribution < -0.4 is 9.47 Å². The third-order valence-corrected chi connectivity index (χ3v) is 6.68. The number of nitrogens with zero attached hydrogens (tertiary/aromatic N) is 2. The Morgan fingerprint density at radius 3 is 2.80 bits per heavy atom. The lowest BCUT2D eigenvalue weighted by Crippen LogP contribution is -2.52. The van der Waals surface area contributed by atoms with Crippen LogP contribution in [0.1, 0.15) is 48.9 Å². The average molecular weight is 505 g/mol. The molecule has 1 fully saturated rings. The van der Waals surface area contributed by atoms with Gasteiger partial charge in [0, 0.05) is 19.6 Å². The number of halogens is 1. The Morgan fingerprint density at radius 1 is 1.26 bits per heavy atom. The van der Waals surface area contributed by atoms with E-state index in [4.69, 9.17) is 35.0 Å². The van der Waals surface area contributed by atoms with Crippen molar-refractivity contribution in [2.24, 2.45) is 5.92 Å². The number of fused-ring (bicyclic) bond motifs is 2. The summed E-state index contributed by atoms with van der Waals surface area (Å²) in [6, 6.07) is 1.53. The van der Waals surface area contributed by atoms with Crippen LogP contribution in [0.15, 0.2) is 22.3 Å². The van der Waals surface area contributed by atoms with E-state index in [1.807, 2.05) is 0 Å². The molecule has 3 aliphatic rings. The normalized spacial score (nSPS) is 26.0. The number of Topliss-reactive ketones (excluding diaryl/α,β-unsaturated/α-hetero) is 1. The van der Waals surface area contributed by atoms with Gasteiger partial charge in [-0.1, -0.05) is 11.6 Å². The summed E-state index contributed by atoms with van der Waals surface area (Å²) in [7, 11) is 0. The van der Waals surface area contributed by atoms with Crippen LogP contribution in [0.5, 0.6) is 11.5 Å². The number of carbonyl (C=O) groups excluding carboxylic acids is 2. The summed E-state index contributed by atoms with van der Waals surface area (Å²) in [4.78, 5) is 25.8. The minimum atomic E-state index is -1.31. The van der Waals surface area contributed by atoms with Gasteiger partial charge in [0.1, 0.15) is 35.2 Å². The first-order valence-electron chi connectivity index (χ1n) is 11.5. The Labute approximate surface area is 206 Å². The highest BCUT2D eigenvalue weighted by Gasteiger charge is 2.53. The van der Waals surface area contributed by atoms with Gasteiger partial charge in [-0.2, -0.15) is 0 Å². The molecule has 3 atom stereocenters. The third-order valence-electron chi connectivity index (χ3n) is 6.31. The predicted octanol–water partition coefficient (Wildman–Crippen LogP) is 3.99. The van der Waals surface area contributed by atoms with Gasteiger partial charge in [0.15, 0.2) is 23.6 Å². The monoisotopic (exact) mass is 504 g/mol. The van der Waals surface area contributed by atoms with Gasteiger partial charge in [-0.3, -0.25) is 9.59 Å². The molecule has 1 aromatic carbocycles. The van der Waals surface area contributed by atoms with E-state index in [2.05, 4.69) is 10.2 Å².